The second-order valence-electron chi connectivity index (χ2n) is 6.45. The minimum absolute atomic E-state index is 0.477. The highest BCUT2D eigenvalue weighted by molar-refractivity contribution is 5.27. The second-order valence-corrected chi connectivity index (χ2v) is 6.45. The quantitative estimate of drug-likeness (QED) is 0.732. The van der Waals surface area contributed by atoms with Gasteiger partial charge in [-0.15, -0.1) is 0 Å². The van der Waals surface area contributed by atoms with Crippen molar-refractivity contribution in [3.8, 4) is 0 Å². The van der Waals surface area contributed by atoms with Crippen molar-refractivity contribution in [3.63, 3.8) is 0 Å². The summed E-state index contributed by atoms with van der Waals surface area (Å²) < 4.78 is 10.6. The fourth-order valence-corrected chi connectivity index (χ4v) is 2.87. The van der Waals surface area contributed by atoms with Gasteiger partial charge < -0.3 is 9.47 Å². The van der Waals surface area contributed by atoms with Crippen LogP contribution in [0.2, 0.25) is 0 Å². The Morgan fingerprint density at radius 2 is 0.909 bits per heavy atom. The number of rotatable bonds is 7. The Morgan fingerprint density at radius 1 is 0.591 bits per heavy atom. The molecule has 4 rings (SSSR count). The van der Waals surface area contributed by atoms with Crippen molar-refractivity contribution in [2.24, 2.45) is 0 Å². The molecule has 2 atom stereocenters. The lowest BCUT2D eigenvalue weighted by Gasteiger charge is -2.05. The zero-order chi connectivity index (χ0) is 14.8. The molecule has 22 heavy (non-hydrogen) atoms. The van der Waals surface area contributed by atoms with Gasteiger partial charge in [0.2, 0.25) is 0 Å². The number of aryl methyl sites for hydroxylation is 2. The zero-order valence-corrected chi connectivity index (χ0v) is 12.8. The van der Waals surface area contributed by atoms with Gasteiger partial charge in [0.15, 0.2) is 0 Å². The van der Waals surface area contributed by atoms with E-state index in [1.165, 1.54) is 22.3 Å². The van der Waals surface area contributed by atoms with Gasteiger partial charge >= 0.3 is 0 Å². The fourth-order valence-electron chi connectivity index (χ4n) is 2.87. The van der Waals surface area contributed by atoms with Crippen molar-refractivity contribution in [1.82, 2.24) is 0 Å². The molecular weight excluding hydrogens is 272 g/mol. The molecule has 0 amide bonds. The third-order valence-electron chi connectivity index (χ3n) is 4.48. The van der Waals surface area contributed by atoms with Crippen LogP contribution in [-0.2, 0) is 35.2 Å². The van der Waals surface area contributed by atoms with Crippen molar-refractivity contribution >= 4 is 0 Å². The predicted octanol–water partition coefficient (Wildman–Crippen LogP) is 3.35. The van der Waals surface area contributed by atoms with Crippen molar-refractivity contribution in [2.75, 3.05) is 13.2 Å². The normalized spacial score (nSPS) is 22.5. The number of benzene rings is 2. The van der Waals surface area contributed by atoms with Gasteiger partial charge in [0.1, 0.15) is 0 Å². The second kappa shape index (κ2) is 6.23. The summed E-state index contributed by atoms with van der Waals surface area (Å²) in [6, 6.07) is 18.0. The van der Waals surface area contributed by atoms with Crippen LogP contribution in [0.3, 0.4) is 0 Å². The summed E-state index contributed by atoms with van der Waals surface area (Å²) in [5.41, 5.74) is 5.60. The smallest absolute Gasteiger partial charge is 0.0850 e. The summed E-state index contributed by atoms with van der Waals surface area (Å²) in [6.45, 7) is 1.87. The number of epoxide rings is 2. The molecule has 2 unspecified atom stereocenters. The molecule has 0 spiro atoms. The highest BCUT2D eigenvalue weighted by Gasteiger charge is 2.22. The van der Waals surface area contributed by atoms with Gasteiger partial charge in [0, 0.05) is 12.8 Å². The predicted molar refractivity (Wildman–Crippen MR) is 87.2 cm³/mol. The van der Waals surface area contributed by atoms with E-state index in [0.717, 1.165) is 38.9 Å². The molecule has 2 nitrogen and oxygen atoms in total. The van der Waals surface area contributed by atoms with Crippen LogP contribution in [0, 0.1) is 0 Å². The third-order valence-corrected chi connectivity index (χ3v) is 4.48. The maximum Gasteiger partial charge on any atom is 0.0850 e. The summed E-state index contributed by atoms with van der Waals surface area (Å²) in [5.74, 6) is 0. The first-order valence-electron chi connectivity index (χ1n) is 8.24. The molecule has 2 aliphatic heterocycles. The Bertz CT molecular complexity index is 550. The van der Waals surface area contributed by atoms with Crippen LogP contribution in [0.15, 0.2) is 48.5 Å². The minimum Gasteiger partial charge on any atom is -0.373 e. The molecule has 2 fully saturated rings. The molecule has 0 radical (unpaired) electrons. The lowest BCUT2D eigenvalue weighted by molar-refractivity contribution is 0.407. The summed E-state index contributed by atoms with van der Waals surface area (Å²) >= 11 is 0. The number of ether oxygens (including phenoxy) is 2. The summed E-state index contributed by atoms with van der Waals surface area (Å²) in [5, 5.41) is 0. The third kappa shape index (κ3) is 3.96. The van der Waals surface area contributed by atoms with Crippen molar-refractivity contribution in [1.29, 1.82) is 0 Å². The maximum absolute atomic E-state index is 5.28. The highest BCUT2D eigenvalue weighted by Crippen LogP contribution is 2.18. The summed E-state index contributed by atoms with van der Waals surface area (Å²) in [4.78, 5) is 0. The van der Waals surface area contributed by atoms with E-state index in [9.17, 15) is 0 Å². The average Bonchev–Trinajstić information content (AvgIpc) is 3.45. The van der Waals surface area contributed by atoms with Crippen LogP contribution in [-0.4, -0.2) is 25.4 Å². The van der Waals surface area contributed by atoms with E-state index in [0.29, 0.717) is 12.2 Å². The molecule has 2 heterocycles. The molecule has 2 heteroatoms. The monoisotopic (exact) mass is 294 g/mol. The van der Waals surface area contributed by atoms with Crippen LogP contribution in [0.1, 0.15) is 22.3 Å². The van der Waals surface area contributed by atoms with E-state index in [1.807, 2.05) is 0 Å². The van der Waals surface area contributed by atoms with E-state index in [4.69, 9.17) is 9.47 Å². The largest absolute Gasteiger partial charge is 0.373 e. The Morgan fingerprint density at radius 3 is 1.23 bits per heavy atom. The molecule has 2 aliphatic rings. The lowest BCUT2D eigenvalue weighted by atomic mass is 10.0. The van der Waals surface area contributed by atoms with Crippen LogP contribution < -0.4 is 0 Å². The van der Waals surface area contributed by atoms with E-state index in [-0.39, 0.29) is 0 Å². The van der Waals surface area contributed by atoms with Crippen LogP contribution in [0.5, 0.6) is 0 Å². The standard InChI is InChI=1S/C20H22O2/c1(15-3-7-17(8-4-15)11-19-13-21-19)2-16-5-9-18(10-6-16)12-20-14-22-20/h3-10,19-20H,1-2,11-14H2. The molecule has 0 N–H and O–H groups in total. The van der Waals surface area contributed by atoms with Gasteiger partial charge in [-0.2, -0.15) is 0 Å². The van der Waals surface area contributed by atoms with Gasteiger partial charge in [0.25, 0.3) is 0 Å². The molecule has 2 aromatic rings. The van der Waals surface area contributed by atoms with E-state index >= 15 is 0 Å². The van der Waals surface area contributed by atoms with Crippen molar-refractivity contribution in [3.05, 3.63) is 70.8 Å². The van der Waals surface area contributed by atoms with E-state index < -0.39 is 0 Å². The Kier molecular flexibility index (Phi) is 3.96. The van der Waals surface area contributed by atoms with Crippen molar-refractivity contribution in [2.45, 2.75) is 37.9 Å². The molecule has 114 valence electrons. The summed E-state index contributed by atoms with van der Waals surface area (Å²) in [7, 11) is 0. The molecule has 2 aromatic carbocycles. The van der Waals surface area contributed by atoms with Crippen molar-refractivity contribution < 1.29 is 9.47 Å². The average molecular weight is 294 g/mol. The highest BCUT2D eigenvalue weighted by atomic mass is 16.6. The fraction of sp³-hybridized carbons (Fsp3) is 0.400. The van der Waals surface area contributed by atoms with Crippen LogP contribution in [0.25, 0.3) is 0 Å². The van der Waals surface area contributed by atoms with E-state index in [2.05, 4.69) is 48.5 Å². The SMILES string of the molecule is c1cc(CC2CO2)ccc1CCc1ccc(CC2CO2)cc1. The molecule has 0 aromatic heterocycles. The molecule has 2 saturated heterocycles. The van der Waals surface area contributed by atoms with Gasteiger partial charge in [-0.3, -0.25) is 0 Å². The first kappa shape index (κ1) is 14.0. The lowest BCUT2D eigenvalue weighted by Crippen LogP contribution is -1.96. The number of hydrogen-bond donors (Lipinski definition) is 0. The molecule has 0 bridgehead atoms. The molecule has 0 aliphatic carbocycles. The Balaban J connectivity index is 1.29. The summed E-state index contributed by atoms with van der Waals surface area (Å²) in [6.07, 6.45) is 5.28. The maximum atomic E-state index is 5.28. The first-order chi connectivity index (χ1) is 10.8. The van der Waals surface area contributed by atoms with Gasteiger partial charge in [-0.05, 0) is 35.1 Å². The van der Waals surface area contributed by atoms with Gasteiger partial charge in [-0.1, -0.05) is 48.5 Å². The van der Waals surface area contributed by atoms with Gasteiger partial charge in [0.05, 0.1) is 25.4 Å². The number of hydrogen-bond acceptors (Lipinski definition) is 2. The van der Waals surface area contributed by atoms with Gasteiger partial charge in [-0.25, -0.2) is 0 Å². The van der Waals surface area contributed by atoms with Crippen LogP contribution in [0.4, 0.5) is 0 Å². The Hall–Kier alpha value is -1.64. The zero-order valence-electron chi connectivity index (χ0n) is 12.8. The molecular formula is C20H22O2. The van der Waals surface area contributed by atoms with Crippen LogP contribution >= 0.6 is 0 Å². The Labute approximate surface area is 132 Å². The first-order valence-corrected chi connectivity index (χ1v) is 8.24. The van der Waals surface area contributed by atoms with E-state index in [1.54, 1.807) is 0 Å². The molecule has 0 saturated carbocycles. The minimum atomic E-state index is 0.477. The topological polar surface area (TPSA) is 25.1 Å².